The van der Waals surface area contributed by atoms with Gasteiger partial charge >= 0.3 is 0 Å². The molecule has 0 aromatic heterocycles. The van der Waals surface area contributed by atoms with Gasteiger partial charge in [-0.3, -0.25) is 0 Å². The number of anilines is 1. The van der Waals surface area contributed by atoms with Crippen LogP contribution in [0.15, 0.2) is 41.3 Å². The normalized spacial score (nSPS) is 12.0. The molecule has 2 aromatic rings. The molecule has 0 aliphatic heterocycles. The summed E-state index contributed by atoms with van der Waals surface area (Å²) in [6.07, 6.45) is 18.2. The van der Waals surface area contributed by atoms with E-state index in [1.54, 1.807) is 10.4 Å². The van der Waals surface area contributed by atoms with Gasteiger partial charge in [0, 0.05) is 43.6 Å². The molecule has 0 aliphatic rings. The quantitative estimate of drug-likeness (QED) is 0.165. The number of benzene rings is 2. The highest BCUT2D eigenvalue weighted by atomic mass is 32.2. The lowest BCUT2D eigenvalue weighted by Gasteiger charge is -2.24. The van der Waals surface area contributed by atoms with E-state index >= 15 is 0 Å². The van der Waals surface area contributed by atoms with Gasteiger partial charge in [0.15, 0.2) is 0 Å². The lowest BCUT2D eigenvalue weighted by atomic mass is 10.1. The molecule has 0 unspecified atom stereocenters. The zero-order chi connectivity index (χ0) is 26.2. The molecule has 0 saturated carbocycles. The van der Waals surface area contributed by atoms with E-state index in [0.29, 0.717) is 18.0 Å². The molecule has 0 N–H and O–H groups in total. The summed E-state index contributed by atoms with van der Waals surface area (Å²) in [4.78, 5) is 2.50. The van der Waals surface area contributed by atoms with Crippen LogP contribution in [0.2, 0.25) is 0 Å². The van der Waals surface area contributed by atoms with Crippen LogP contribution < -0.4 is 4.90 Å². The first-order valence-corrected chi connectivity index (χ1v) is 16.1. The predicted octanol–water partition coefficient (Wildman–Crippen LogP) is 8.79. The fourth-order valence-electron chi connectivity index (χ4n) is 5.04. The van der Waals surface area contributed by atoms with Crippen LogP contribution in [-0.4, -0.2) is 39.9 Å². The molecule has 2 aromatic carbocycles. The van der Waals surface area contributed by atoms with Crippen molar-refractivity contribution in [3.8, 4) is 0 Å². The topological polar surface area (TPSA) is 40.6 Å². The van der Waals surface area contributed by atoms with Gasteiger partial charge in [-0.2, -0.15) is 4.31 Å². The van der Waals surface area contributed by atoms with E-state index in [-0.39, 0.29) is 0 Å². The first kappa shape index (κ1) is 30.6. The molecule has 0 atom stereocenters. The summed E-state index contributed by atoms with van der Waals surface area (Å²) in [5.41, 5.74) is 1.05. The third kappa shape index (κ3) is 9.70. The maximum absolute atomic E-state index is 14.0. The summed E-state index contributed by atoms with van der Waals surface area (Å²) in [5.74, 6) is 0. The summed E-state index contributed by atoms with van der Waals surface area (Å²) in [5, 5.41) is 1.81. The van der Waals surface area contributed by atoms with Gasteiger partial charge in [0.05, 0.1) is 4.90 Å². The minimum absolute atomic E-state index is 0.448. The molecule has 5 heteroatoms. The van der Waals surface area contributed by atoms with E-state index in [0.717, 1.165) is 42.1 Å². The van der Waals surface area contributed by atoms with Gasteiger partial charge in [0.2, 0.25) is 10.0 Å². The van der Waals surface area contributed by atoms with Crippen molar-refractivity contribution in [3.05, 3.63) is 36.4 Å². The van der Waals surface area contributed by atoms with Crippen molar-refractivity contribution in [3.63, 3.8) is 0 Å². The Hall–Kier alpha value is -1.59. The second-order valence-corrected chi connectivity index (χ2v) is 12.4. The molecular formula is C31H52N2O2S. The third-order valence-electron chi connectivity index (χ3n) is 7.23. The second-order valence-electron chi connectivity index (χ2n) is 10.5. The highest BCUT2D eigenvalue weighted by Gasteiger charge is 2.26. The summed E-state index contributed by atoms with van der Waals surface area (Å²) >= 11 is 0. The summed E-state index contributed by atoms with van der Waals surface area (Å²) in [7, 11) is 0.449. The van der Waals surface area contributed by atoms with E-state index in [4.69, 9.17) is 0 Å². The molecule has 0 radical (unpaired) electrons. The lowest BCUT2D eigenvalue weighted by Crippen LogP contribution is -2.33. The van der Waals surface area contributed by atoms with Gasteiger partial charge in [-0.15, -0.1) is 0 Å². The van der Waals surface area contributed by atoms with E-state index in [2.05, 4.69) is 13.8 Å². The van der Waals surface area contributed by atoms with Crippen molar-refractivity contribution in [2.24, 2.45) is 0 Å². The Morgan fingerprint density at radius 3 is 1.53 bits per heavy atom. The molecule has 2 rings (SSSR count). The van der Waals surface area contributed by atoms with Crippen molar-refractivity contribution < 1.29 is 8.42 Å². The Bertz CT molecular complexity index is 972. The van der Waals surface area contributed by atoms with Crippen LogP contribution in [0.1, 0.15) is 110 Å². The first-order valence-electron chi connectivity index (χ1n) is 14.6. The largest absolute Gasteiger partial charge is 0.377 e. The van der Waals surface area contributed by atoms with Crippen LogP contribution in [0.3, 0.4) is 0 Å². The zero-order valence-corrected chi connectivity index (χ0v) is 24.4. The summed E-state index contributed by atoms with van der Waals surface area (Å²) in [6.45, 7) is 5.71. The van der Waals surface area contributed by atoms with E-state index < -0.39 is 10.0 Å². The molecule has 0 fully saturated rings. The molecule has 0 aliphatic carbocycles. The standard InChI is InChI=1S/C31H52N2O2S/c1-5-7-9-11-12-13-14-15-17-19-27-33(26-18-16-10-8-6-2)36(34,35)31-25-21-22-28-29(31)23-20-24-30(28)32(3)4/h20-25H,5-19,26-27H2,1-4H3. The van der Waals surface area contributed by atoms with Gasteiger partial charge in [0.25, 0.3) is 0 Å². The lowest BCUT2D eigenvalue weighted by molar-refractivity contribution is 0.384. The number of hydrogen-bond donors (Lipinski definition) is 0. The van der Waals surface area contributed by atoms with Crippen molar-refractivity contribution >= 4 is 26.5 Å². The Morgan fingerprint density at radius 1 is 0.583 bits per heavy atom. The molecule has 36 heavy (non-hydrogen) atoms. The average molecular weight is 517 g/mol. The van der Waals surface area contributed by atoms with Crippen molar-refractivity contribution in [1.82, 2.24) is 4.31 Å². The predicted molar refractivity (Wildman–Crippen MR) is 158 cm³/mol. The Kier molecular flexibility index (Phi) is 14.5. The average Bonchev–Trinajstić information content (AvgIpc) is 2.87. The highest BCUT2D eigenvalue weighted by molar-refractivity contribution is 7.89. The van der Waals surface area contributed by atoms with Crippen molar-refractivity contribution in [2.75, 3.05) is 32.1 Å². The van der Waals surface area contributed by atoms with E-state index in [1.165, 1.54) is 70.6 Å². The third-order valence-corrected chi connectivity index (χ3v) is 9.19. The number of rotatable bonds is 20. The second kappa shape index (κ2) is 17.0. The fraction of sp³-hybridized carbons (Fsp3) is 0.677. The van der Waals surface area contributed by atoms with Gasteiger partial charge in [0.1, 0.15) is 0 Å². The molecule has 0 amide bonds. The number of hydrogen-bond acceptors (Lipinski definition) is 3. The van der Waals surface area contributed by atoms with Gasteiger partial charge in [-0.05, 0) is 25.0 Å². The number of unbranched alkanes of at least 4 members (excludes halogenated alkanes) is 13. The maximum Gasteiger partial charge on any atom is 0.243 e. The van der Waals surface area contributed by atoms with Crippen LogP contribution in [0.5, 0.6) is 0 Å². The zero-order valence-electron chi connectivity index (χ0n) is 23.6. The first-order chi connectivity index (χ1) is 17.4. The Labute approximate surface area is 222 Å². The number of fused-ring (bicyclic) bond motifs is 1. The highest BCUT2D eigenvalue weighted by Crippen LogP contribution is 2.32. The Morgan fingerprint density at radius 2 is 1.03 bits per heavy atom. The molecule has 0 heterocycles. The number of sulfonamides is 1. The van der Waals surface area contributed by atoms with Crippen molar-refractivity contribution in [1.29, 1.82) is 0 Å². The van der Waals surface area contributed by atoms with E-state index in [9.17, 15) is 8.42 Å². The molecule has 204 valence electrons. The molecule has 0 spiro atoms. The summed E-state index contributed by atoms with van der Waals surface area (Å²) < 4.78 is 29.7. The number of nitrogens with zero attached hydrogens (tertiary/aromatic N) is 2. The molecular weight excluding hydrogens is 464 g/mol. The fourth-order valence-corrected chi connectivity index (χ4v) is 6.76. The molecule has 0 saturated heterocycles. The van der Waals surface area contributed by atoms with Crippen LogP contribution >= 0.6 is 0 Å². The van der Waals surface area contributed by atoms with Crippen molar-refractivity contribution in [2.45, 2.75) is 115 Å². The van der Waals surface area contributed by atoms with Crippen LogP contribution in [-0.2, 0) is 10.0 Å². The molecule has 4 nitrogen and oxygen atoms in total. The van der Waals surface area contributed by atoms with E-state index in [1.807, 2.05) is 49.3 Å². The smallest absolute Gasteiger partial charge is 0.243 e. The van der Waals surface area contributed by atoms with Gasteiger partial charge < -0.3 is 4.90 Å². The van der Waals surface area contributed by atoms with Crippen LogP contribution in [0.4, 0.5) is 5.69 Å². The molecule has 0 bridgehead atoms. The van der Waals surface area contributed by atoms with Gasteiger partial charge in [-0.1, -0.05) is 122 Å². The van der Waals surface area contributed by atoms with Crippen LogP contribution in [0, 0.1) is 0 Å². The summed E-state index contributed by atoms with van der Waals surface area (Å²) in [6, 6.07) is 11.7. The monoisotopic (exact) mass is 516 g/mol. The van der Waals surface area contributed by atoms with Crippen LogP contribution in [0.25, 0.3) is 10.8 Å². The van der Waals surface area contributed by atoms with Gasteiger partial charge in [-0.25, -0.2) is 8.42 Å². The minimum Gasteiger partial charge on any atom is -0.377 e. The Balaban J connectivity index is 2.05. The maximum atomic E-state index is 14.0. The SMILES string of the molecule is CCCCCCCCCCCCN(CCCCCCC)S(=O)(=O)c1cccc2c(N(C)C)cccc12. The minimum atomic E-state index is -3.56.